The van der Waals surface area contributed by atoms with Crippen molar-refractivity contribution in [2.75, 3.05) is 30.0 Å². The molecular weight excluding hydrogens is 566 g/mol. The summed E-state index contributed by atoms with van der Waals surface area (Å²) in [5.41, 5.74) is 5.30. The third-order valence-electron chi connectivity index (χ3n) is 8.17. The van der Waals surface area contributed by atoms with E-state index in [-0.39, 0.29) is 18.1 Å². The van der Waals surface area contributed by atoms with Gasteiger partial charge in [0.2, 0.25) is 0 Å². The lowest BCUT2D eigenvalue weighted by atomic mass is 9.91. The number of carbonyl (C=O) groups excluding carboxylic acids is 1. The second kappa shape index (κ2) is 11.8. The van der Waals surface area contributed by atoms with Gasteiger partial charge in [-0.2, -0.15) is 0 Å². The van der Waals surface area contributed by atoms with Crippen LogP contribution in [0.2, 0.25) is 5.02 Å². The van der Waals surface area contributed by atoms with Gasteiger partial charge in [-0.15, -0.1) is 0 Å². The number of methoxy groups -OCH3 is 1. The van der Waals surface area contributed by atoms with Crippen molar-refractivity contribution in [1.29, 1.82) is 0 Å². The SMILES string of the molecule is COC(=O)c1ccc(-n2cccc2[C@@H]2[C@H](c3ccccn3)NC(=S)N2c2ccc(N3C[C@H](C)C[C@H](C)C3)c(Cl)c2)cc1. The lowest BCUT2D eigenvalue weighted by Crippen LogP contribution is -2.38. The molecule has 0 unspecified atom stereocenters. The first-order valence-electron chi connectivity index (χ1n) is 14.2. The Morgan fingerprint density at radius 1 is 1.00 bits per heavy atom. The highest BCUT2D eigenvalue weighted by molar-refractivity contribution is 7.80. The largest absolute Gasteiger partial charge is 0.465 e. The number of pyridine rings is 1. The molecule has 0 spiro atoms. The molecule has 0 amide bonds. The molecule has 4 atom stereocenters. The molecule has 4 aromatic rings. The van der Waals surface area contributed by atoms with Crippen LogP contribution in [0.3, 0.4) is 0 Å². The Balaban J connectivity index is 1.40. The van der Waals surface area contributed by atoms with Crippen LogP contribution in [-0.4, -0.2) is 40.8 Å². The minimum Gasteiger partial charge on any atom is -0.465 e. The molecule has 2 aliphatic heterocycles. The maximum absolute atomic E-state index is 12.0. The van der Waals surface area contributed by atoms with Gasteiger partial charge in [-0.05, 0) is 97.2 Å². The third-order valence-corrected chi connectivity index (χ3v) is 8.78. The number of aromatic nitrogens is 2. The van der Waals surface area contributed by atoms with Crippen LogP contribution in [0.15, 0.2) is 85.2 Å². The van der Waals surface area contributed by atoms with Crippen LogP contribution in [0.1, 0.15) is 54.1 Å². The van der Waals surface area contributed by atoms with Gasteiger partial charge >= 0.3 is 5.97 Å². The number of anilines is 2. The number of nitrogens with one attached hydrogen (secondary N) is 1. The van der Waals surface area contributed by atoms with Crippen molar-refractivity contribution in [3.05, 3.63) is 107 Å². The number of hydrogen-bond donors (Lipinski definition) is 1. The number of halogens is 1. The molecule has 0 aliphatic carbocycles. The van der Waals surface area contributed by atoms with E-state index in [0.29, 0.717) is 27.5 Å². The first-order valence-corrected chi connectivity index (χ1v) is 15.0. The van der Waals surface area contributed by atoms with Gasteiger partial charge in [0.25, 0.3) is 0 Å². The Hall–Kier alpha value is -3.88. The van der Waals surface area contributed by atoms with Gasteiger partial charge in [0.15, 0.2) is 5.11 Å². The molecular formula is C33H34ClN5O2S. The quantitative estimate of drug-likeness (QED) is 0.190. The smallest absolute Gasteiger partial charge is 0.337 e. The van der Waals surface area contributed by atoms with Gasteiger partial charge in [0.05, 0.1) is 35.1 Å². The van der Waals surface area contributed by atoms with Crippen LogP contribution >= 0.6 is 23.8 Å². The third kappa shape index (κ3) is 5.37. The molecule has 42 heavy (non-hydrogen) atoms. The zero-order valence-electron chi connectivity index (χ0n) is 23.9. The number of rotatable bonds is 6. The number of piperidine rings is 1. The van der Waals surface area contributed by atoms with E-state index in [4.69, 9.17) is 33.5 Å². The molecule has 0 bridgehead atoms. The van der Waals surface area contributed by atoms with Crippen LogP contribution in [-0.2, 0) is 4.74 Å². The Morgan fingerprint density at radius 2 is 1.74 bits per heavy atom. The fraction of sp³-hybridized carbons (Fsp3) is 0.303. The van der Waals surface area contributed by atoms with Gasteiger partial charge < -0.3 is 24.4 Å². The van der Waals surface area contributed by atoms with Gasteiger partial charge in [-0.3, -0.25) is 4.98 Å². The molecule has 2 aliphatic rings. The lowest BCUT2D eigenvalue weighted by Gasteiger charge is -2.37. The maximum atomic E-state index is 12.0. The number of benzene rings is 2. The molecule has 7 nitrogen and oxygen atoms in total. The summed E-state index contributed by atoms with van der Waals surface area (Å²) < 4.78 is 7.00. The molecule has 2 fully saturated rings. The normalized spacial score (nSPS) is 22.2. The predicted molar refractivity (Wildman–Crippen MR) is 172 cm³/mol. The highest BCUT2D eigenvalue weighted by Crippen LogP contribution is 2.44. The lowest BCUT2D eigenvalue weighted by molar-refractivity contribution is 0.0600. The van der Waals surface area contributed by atoms with E-state index >= 15 is 0 Å². The van der Waals surface area contributed by atoms with Crippen molar-refractivity contribution >= 4 is 46.3 Å². The molecule has 2 saturated heterocycles. The van der Waals surface area contributed by atoms with Crippen LogP contribution in [0, 0.1) is 11.8 Å². The summed E-state index contributed by atoms with van der Waals surface area (Å²) in [6, 6.07) is 23.3. The highest BCUT2D eigenvalue weighted by atomic mass is 35.5. The summed E-state index contributed by atoms with van der Waals surface area (Å²) in [6.45, 7) is 6.61. The second-order valence-corrected chi connectivity index (χ2v) is 12.1. The van der Waals surface area contributed by atoms with E-state index < -0.39 is 0 Å². The van der Waals surface area contributed by atoms with Crippen molar-refractivity contribution in [1.82, 2.24) is 14.9 Å². The van der Waals surface area contributed by atoms with Crippen LogP contribution in [0.5, 0.6) is 0 Å². The summed E-state index contributed by atoms with van der Waals surface area (Å²) in [7, 11) is 1.38. The molecule has 2 aromatic heterocycles. The first kappa shape index (κ1) is 28.2. The topological polar surface area (TPSA) is 62.6 Å². The maximum Gasteiger partial charge on any atom is 0.337 e. The summed E-state index contributed by atoms with van der Waals surface area (Å²) in [5.74, 6) is 0.880. The minimum absolute atomic E-state index is 0.205. The Kier molecular flexibility index (Phi) is 7.92. The van der Waals surface area contributed by atoms with E-state index in [9.17, 15) is 4.79 Å². The van der Waals surface area contributed by atoms with E-state index in [1.165, 1.54) is 13.5 Å². The average Bonchev–Trinajstić information content (AvgIpc) is 3.61. The van der Waals surface area contributed by atoms with Crippen LogP contribution in [0.4, 0.5) is 11.4 Å². The van der Waals surface area contributed by atoms with Gasteiger partial charge in [-0.1, -0.05) is 31.5 Å². The standard InChI is InChI=1S/C33H34ClN5O2S/c1-21-17-22(2)20-37(19-21)28-14-13-25(18-26(28)34)39-31(30(36-33(39)42)27-7-4-5-15-35-27)29-8-6-16-38(29)24-11-9-23(10-12-24)32(40)41-3/h4-16,18,21-22,30-31H,17,19-20H2,1-3H3,(H,36,42)/t21-,22+,30-,31+/m0/s1. The Morgan fingerprint density at radius 3 is 2.40 bits per heavy atom. The molecule has 1 N–H and O–H groups in total. The molecule has 2 aromatic carbocycles. The second-order valence-electron chi connectivity index (χ2n) is 11.3. The molecule has 6 rings (SSSR count). The summed E-state index contributed by atoms with van der Waals surface area (Å²) in [4.78, 5) is 21.3. The van der Waals surface area contributed by atoms with E-state index in [1.54, 1.807) is 18.3 Å². The van der Waals surface area contributed by atoms with Gasteiger partial charge in [0, 0.05) is 42.6 Å². The number of esters is 1. The summed E-state index contributed by atoms with van der Waals surface area (Å²) in [6.07, 6.45) is 5.06. The van der Waals surface area contributed by atoms with Gasteiger partial charge in [0.1, 0.15) is 6.04 Å². The van der Waals surface area contributed by atoms with Crippen LogP contribution < -0.4 is 15.1 Å². The van der Waals surface area contributed by atoms with E-state index in [0.717, 1.165) is 41.5 Å². The summed E-state index contributed by atoms with van der Waals surface area (Å²) in [5, 5.41) is 4.86. The minimum atomic E-state index is -0.366. The number of nitrogens with zero attached hydrogens (tertiary/aromatic N) is 4. The predicted octanol–water partition coefficient (Wildman–Crippen LogP) is 6.97. The fourth-order valence-electron chi connectivity index (χ4n) is 6.44. The summed E-state index contributed by atoms with van der Waals surface area (Å²) >= 11 is 13.0. The molecule has 0 radical (unpaired) electrons. The number of hydrogen-bond acceptors (Lipinski definition) is 5. The number of thiocarbonyl (C=S) groups is 1. The van der Waals surface area contributed by atoms with E-state index in [1.807, 2.05) is 48.7 Å². The van der Waals surface area contributed by atoms with Gasteiger partial charge in [-0.25, -0.2) is 4.79 Å². The van der Waals surface area contributed by atoms with Crippen molar-refractivity contribution in [3.63, 3.8) is 0 Å². The zero-order valence-corrected chi connectivity index (χ0v) is 25.5. The van der Waals surface area contributed by atoms with Crippen molar-refractivity contribution in [2.45, 2.75) is 32.4 Å². The highest BCUT2D eigenvalue weighted by Gasteiger charge is 2.42. The number of ether oxygens (including phenoxy) is 1. The molecule has 0 saturated carbocycles. The van der Waals surface area contributed by atoms with Crippen molar-refractivity contribution in [2.24, 2.45) is 11.8 Å². The molecule has 216 valence electrons. The number of carbonyl (C=O) groups is 1. The van der Waals surface area contributed by atoms with Crippen molar-refractivity contribution in [3.8, 4) is 5.69 Å². The molecule has 4 heterocycles. The zero-order chi connectivity index (χ0) is 29.4. The van der Waals surface area contributed by atoms with Crippen LogP contribution in [0.25, 0.3) is 5.69 Å². The molecule has 9 heteroatoms. The fourth-order valence-corrected chi connectivity index (χ4v) is 7.08. The average molecular weight is 600 g/mol. The monoisotopic (exact) mass is 599 g/mol. The Bertz CT molecular complexity index is 1580. The first-order chi connectivity index (χ1) is 20.3. The Labute approximate surface area is 257 Å². The van der Waals surface area contributed by atoms with Crippen molar-refractivity contribution < 1.29 is 9.53 Å². The van der Waals surface area contributed by atoms with E-state index in [2.05, 4.69) is 51.7 Å².